The number of ether oxygens (including phenoxy) is 1. The highest BCUT2D eigenvalue weighted by molar-refractivity contribution is 6.37. The second kappa shape index (κ2) is 9.08. The molecule has 0 amide bonds. The molecule has 0 radical (unpaired) electrons. The molecule has 7 heteroatoms. The van der Waals surface area contributed by atoms with Crippen LogP contribution in [0.5, 0.6) is 5.75 Å². The van der Waals surface area contributed by atoms with Gasteiger partial charge in [0.15, 0.2) is 5.75 Å². The number of nitrogens with zero attached hydrogens (tertiary/aromatic N) is 1. The first-order valence-corrected chi connectivity index (χ1v) is 9.22. The second-order valence-electron chi connectivity index (χ2n) is 7.00. The molecule has 3 rings (SSSR count). The van der Waals surface area contributed by atoms with Gasteiger partial charge in [0.2, 0.25) is 0 Å². The van der Waals surface area contributed by atoms with Gasteiger partial charge in [-0.1, -0.05) is 23.2 Å². The van der Waals surface area contributed by atoms with Gasteiger partial charge in [0.05, 0.1) is 22.3 Å². The minimum Gasteiger partial charge on any atom is -0.488 e. The number of aliphatic hydroxyl groups is 1. The zero-order valence-electron chi connectivity index (χ0n) is 14.5. The van der Waals surface area contributed by atoms with Crippen LogP contribution >= 0.6 is 23.2 Å². The first kappa shape index (κ1) is 20.3. The molecule has 2 N–H and O–H groups in total. The van der Waals surface area contributed by atoms with E-state index in [0.717, 1.165) is 38.0 Å². The fraction of sp³-hybridized carbons (Fsp3) is 0.611. The zero-order chi connectivity index (χ0) is 18.6. The molecule has 1 aromatic rings. The molecule has 0 spiro atoms. The van der Waals surface area contributed by atoms with Crippen molar-refractivity contribution in [3.05, 3.63) is 27.7 Å². The van der Waals surface area contributed by atoms with Crippen molar-refractivity contribution in [3.8, 4) is 5.75 Å². The van der Waals surface area contributed by atoms with Gasteiger partial charge in [-0.05, 0) is 56.2 Å². The first-order chi connectivity index (χ1) is 11.8. The Morgan fingerprint density at radius 3 is 2.16 bits per heavy atom. The number of hydrogen-bond acceptors (Lipinski definition) is 4. The minimum atomic E-state index is -0.250. The van der Waals surface area contributed by atoms with Crippen molar-refractivity contribution in [2.75, 3.05) is 13.1 Å². The molecule has 1 saturated heterocycles. The van der Waals surface area contributed by atoms with Crippen molar-refractivity contribution >= 4 is 29.7 Å². The van der Waals surface area contributed by atoms with Crippen LogP contribution in [0.15, 0.2) is 12.1 Å². The normalized spacial score (nSPS) is 25.4. The summed E-state index contributed by atoms with van der Waals surface area (Å²) in [5, 5.41) is 17.8. The van der Waals surface area contributed by atoms with Crippen LogP contribution in [0.2, 0.25) is 10.0 Å². The Hall–Kier alpha value is -1.01. The maximum absolute atomic E-state index is 9.72. The maximum Gasteiger partial charge on any atom is 0.290 e. The molecule has 1 saturated carbocycles. The van der Waals surface area contributed by atoms with E-state index in [9.17, 15) is 5.11 Å². The van der Waals surface area contributed by atoms with Gasteiger partial charge in [0.1, 0.15) is 0 Å². The Bertz CT molecular complexity index is 559. The molecule has 2 aliphatic rings. The van der Waals surface area contributed by atoms with E-state index in [0.29, 0.717) is 27.6 Å². The molecule has 1 unspecified atom stereocenters. The lowest BCUT2D eigenvalue weighted by Crippen LogP contribution is -2.22. The van der Waals surface area contributed by atoms with Crippen LogP contribution in [-0.2, 0) is 11.3 Å². The fourth-order valence-electron chi connectivity index (χ4n) is 3.80. The fourth-order valence-corrected chi connectivity index (χ4v) is 4.43. The third kappa shape index (κ3) is 5.48. The quantitative estimate of drug-likeness (QED) is 0.768. The zero-order valence-corrected chi connectivity index (χ0v) is 16.0. The van der Waals surface area contributed by atoms with Gasteiger partial charge in [0.25, 0.3) is 6.47 Å². The summed E-state index contributed by atoms with van der Waals surface area (Å²) in [6, 6.07) is 3.90. The maximum atomic E-state index is 9.72. The van der Waals surface area contributed by atoms with Gasteiger partial charge in [-0.2, -0.15) is 0 Å². The van der Waals surface area contributed by atoms with Crippen LogP contribution < -0.4 is 4.74 Å². The van der Waals surface area contributed by atoms with Crippen molar-refractivity contribution in [3.63, 3.8) is 0 Å². The highest BCUT2D eigenvalue weighted by Gasteiger charge is 2.40. The largest absolute Gasteiger partial charge is 0.488 e. The molecule has 1 aliphatic carbocycles. The summed E-state index contributed by atoms with van der Waals surface area (Å²) in [4.78, 5) is 10.8. The molecule has 1 heterocycles. The Morgan fingerprint density at radius 1 is 1.24 bits per heavy atom. The molecule has 3 atom stereocenters. The van der Waals surface area contributed by atoms with Crippen LogP contribution in [0.1, 0.15) is 32.3 Å². The lowest BCUT2D eigenvalue weighted by Gasteiger charge is -2.19. The van der Waals surface area contributed by atoms with Crippen molar-refractivity contribution in [1.29, 1.82) is 0 Å². The molecule has 0 aromatic heterocycles. The van der Waals surface area contributed by atoms with E-state index in [1.165, 1.54) is 0 Å². The smallest absolute Gasteiger partial charge is 0.290 e. The van der Waals surface area contributed by atoms with Gasteiger partial charge in [0, 0.05) is 19.6 Å². The number of hydrogen-bond donors (Lipinski definition) is 2. The Labute approximate surface area is 158 Å². The lowest BCUT2D eigenvalue weighted by atomic mass is 10.0. The summed E-state index contributed by atoms with van der Waals surface area (Å²) >= 11 is 12.6. The number of carbonyl (C=O) groups is 1. The minimum absolute atomic E-state index is 0.0465. The highest BCUT2D eigenvalue weighted by Crippen LogP contribution is 2.39. The summed E-state index contributed by atoms with van der Waals surface area (Å²) in [6.07, 6.45) is 1.85. The monoisotopic (exact) mass is 389 g/mol. The number of aliphatic hydroxyl groups excluding tert-OH is 1. The van der Waals surface area contributed by atoms with Crippen LogP contribution in [0.4, 0.5) is 0 Å². The highest BCUT2D eigenvalue weighted by atomic mass is 35.5. The predicted molar refractivity (Wildman–Crippen MR) is 98.4 cm³/mol. The molecule has 5 nitrogen and oxygen atoms in total. The number of benzene rings is 1. The Kier molecular flexibility index (Phi) is 7.37. The van der Waals surface area contributed by atoms with Crippen LogP contribution in [0.3, 0.4) is 0 Å². The van der Waals surface area contributed by atoms with E-state index in [2.05, 4.69) is 4.90 Å². The molecule has 1 aromatic carbocycles. The van der Waals surface area contributed by atoms with Crippen molar-refractivity contribution in [2.45, 2.75) is 45.4 Å². The van der Waals surface area contributed by atoms with Gasteiger partial charge >= 0.3 is 0 Å². The molecule has 2 fully saturated rings. The third-order valence-corrected chi connectivity index (χ3v) is 5.18. The molecule has 1 aliphatic heterocycles. The predicted octanol–water partition coefficient (Wildman–Crippen LogP) is 3.68. The Balaban J connectivity index is 0.000000701. The number of likely N-dealkylation sites (tertiary alicyclic amines) is 1. The van der Waals surface area contributed by atoms with E-state index in [1.807, 2.05) is 26.0 Å². The number of fused-ring (bicyclic) bond motifs is 1. The molecular weight excluding hydrogens is 365 g/mol. The topological polar surface area (TPSA) is 70.0 Å². The van der Waals surface area contributed by atoms with Crippen molar-refractivity contribution in [1.82, 2.24) is 4.90 Å². The number of rotatable bonds is 4. The average Bonchev–Trinajstić information content (AvgIpc) is 3.00. The van der Waals surface area contributed by atoms with Crippen LogP contribution in [-0.4, -0.2) is 46.9 Å². The summed E-state index contributed by atoms with van der Waals surface area (Å²) in [5.41, 5.74) is 1.12. The van der Waals surface area contributed by atoms with Gasteiger partial charge < -0.3 is 14.9 Å². The first-order valence-electron chi connectivity index (χ1n) is 8.46. The lowest BCUT2D eigenvalue weighted by molar-refractivity contribution is -0.122. The average molecular weight is 390 g/mol. The van der Waals surface area contributed by atoms with E-state index in [-0.39, 0.29) is 18.7 Å². The van der Waals surface area contributed by atoms with Gasteiger partial charge in [-0.3, -0.25) is 9.69 Å². The van der Waals surface area contributed by atoms with Crippen molar-refractivity contribution < 1.29 is 19.7 Å². The molecule has 25 heavy (non-hydrogen) atoms. The number of carboxylic acid groups (broad SMARTS) is 1. The van der Waals surface area contributed by atoms with E-state index in [4.69, 9.17) is 37.8 Å². The summed E-state index contributed by atoms with van der Waals surface area (Å²) in [5.74, 6) is 1.86. The molecular formula is C18H25Cl2NO4. The molecule has 140 valence electrons. The summed E-state index contributed by atoms with van der Waals surface area (Å²) < 4.78 is 5.67. The van der Waals surface area contributed by atoms with E-state index >= 15 is 0 Å². The van der Waals surface area contributed by atoms with Gasteiger partial charge in [-0.15, -0.1) is 0 Å². The third-order valence-electron chi connectivity index (χ3n) is 4.62. The number of halogens is 2. The summed E-state index contributed by atoms with van der Waals surface area (Å²) in [7, 11) is 0. The second-order valence-corrected chi connectivity index (χ2v) is 7.81. The van der Waals surface area contributed by atoms with E-state index < -0.39 is 0 Å². The van der Waals surface area contributed by atoms with Crippen molar-refractivity contribution in [2.24, 2.45) is 11.8 Å². The van der Waals surface area contributed by atoms with Gasteiger partial charge in [-0.25, -0.2) is 0 Å². The van der Waals surface area contributed by atoms with Crippen LogP contribution in [0, 0.1) is 11.8 Å². The Morgan fingerprint density at radius 2 is 1.72 bits per heavy atom. The van der Waals surface area contributed by atoms with E-state index in [1.54, 1.807) is 0 Å². The standard InChI is InChI=1S/C17H23Cl2NO2.CH2O2/c1-10(2)22-17-15(18)3-11(4-16(17)19)7-20-8-12-5-14(21)6-13(12)9-20;2-1-3/h3-4,10,12-14,21H,5-9H2,1-2H3;1H,(H,2,3)/t12-,13+,14?;. The van der Waals surface area contributed by atoms with Crippen LogP contribution in [0.25, 0.3) is 0 Å². The molecule has 0 bridgehead atoms. The SMILES string of the molecule is CC(C)Oc1c(Cl)cc(CN2C[C@H]3CC(O)C[C@H]3C2)cc1Cl.O=CO. The summed E-state index contributed by atoms with van der Waals surface area (Å²) in [6.45, 7) is 6.63.